The molecular formula is C21H18FN5O2. The highest BCUT2D eigenvalue weighted by atomic mass is 19.1. The van der Waals surface area contributed by atoms with Crippen LogP contribution in [0.25, 0.3) is 10.9 Å². The number of aromatic amines is 1. The lowest BCUT2D eigenvalue weighted by atomic mass is 10.1. The van der Waals surface area contributed by atoms with Crippen molar-refractivity contribution in [3.63, 3.8) is 0 Å². The van der Waals surface area contributed by atoms with E-state index in [1.807, 2.05) is 42.1 Å². The molecule has 7 nitrogen and oxygen atoms in total. The summed E-state index contributed by atoms with van der Waals surface area (Å²) in [7, 11) is 1.93. The molecule has 0 saturated heterocycles. The van der Waals surface area contributed by atoms with Crippen LogP contribution in [-0.4, -0.2) is 26.6 Å². The van der Waals surface area contributed by atoms with E-state index in [0.717, 1.165) is 16.5 Å². The molecule has 146 valence electrons. The minimum Gasteiger partial charge on any atom is -0.350 e. The second kappa shape index (κ2) is 7.59. The first-order valence-corrected chi connectivity index (χ1v) is 8.95. The lowest BCUT2D eigenvalue weighted by molar-refractivity contribution is -0.115. The number of amides is 2. The van der Waals surface area contributed by atoms with Gasteiger partial charge in [0.15, 0.2) is 5.69 Å². The molecule has 8 heteroatoms. The van der Waals surface area contributed by atoms with Crippen molar-refractivity contribution in [3.8, 4) is 0 Å². The van der Waals surface area contributed by atoms with Gasteiger partial charge < -0.3 is 15.2 Å². The summed E-state index contributed by atoms with van der Waals surface area (Å²) >= 11 is 0. The molecule has 0 aliphatic carbocycles. The van der Waals surface area contributed by atoms with Crippen LogP contribution in [0.3, 0.4) is 0 Å². The number of hydrogen-bond acceptors (Lipinski definition) is 3. The van der Waals surface area contributed by atoms with Gasteiger partial charge in [-0.2, -0.15) is 5.10 Å². The molecule has 0 radical (unpaired) electrons. The average Bonchev–Trinajstić information content (AvgIpc) is 3.29. The molecule has 0 unspecified atom stereocenters. The van der Waals surface area contributed by atoms with Crippen molar-refractivity contribution >= 4 is 34.1 Å². The monoisotopic (exact) mass is 391 g/mol. The highest BCUT2D eigenvalue weighted by Crippen LogP contribution is 2.22. The molecule has 3 N–H and O–H groups in total. The van der Waals surface area contributed by atoms with Gasteiger partial charge in [0.25, 0.3) is 5.91 Å². The lowest BCUT2D eigenvalue weighted by Gasteiger charge is -2.06. The predicted octanol–water partition coefficient (Wildman–Crippen LogP) is 3.47. The van der Waals surface area contributed by atoms with Crippen LogP contribution in [0.4, 0.5) is 15.8 Å². The maximum atomic E-state index is 13.0. The van der Waals surface area contributed by atoms with Gasteiger partial charge in [0.2, 0.25) is 5.91 Å². The van der Waals surface area contributed by atoms with Crippen LogP contribution >= 0.6 is 0 Å². The van der Waals surface area contributed by atoms with Gasteiger partial charge in [0, 0.05) is 36.0 Å². The number of anilines is 2. The molecule has 0 spiro atoms. The highest BCUT2D eigenvalue weighted by molar-refractivity contribution is 6.09. The Morgan fingerprint density at radius 1 is 1.10 bits per heavy atom. The van der Waals surface area contributed by atoms with Gasteiger partial charge in [-0.1, -0.05) is 18.2 Å². The van der Waals surface area contributed by atoms with E-state index in [0.29, 0.717) is 5.69 Å². The Bertz CT molecular complexity index is 1190. The molecule has 0 fully saturated rings. The third kappa shape index (κ3) is 3.86. The van der Waals surface area contributed by atoms with Crippen LogP contribution in [0.5, 0.6) is 0 Å². The average molecular weight is 391 g/mol. The number of benzene rings is 2. The number of halogens is 1. The summed E-state index contributed by atoms with van der Waals surface area (Å²) in [4.78, 5) is 25.0. The molecule has 29 heavy (non-hydrogen) atoms. The molecule has 2 aromatic heterocycles. The number of fused-ring (bicyclic) bond motifs is 1. The summed E-state index contributed by atoms with van der Waals surface area (Å²) in [6.07, 6.45) is 3.52. The number of carbonyl (C=O) groups is 2. The normalized spacial score (nSPS) is 10.8. The van der Waals surface area contributed by atoms with Crippen molar-refractivity contribution < 1.29 is 14.0 Å². The van der Waals surface area contributed by atoms with Gasteiger partial charge in [0.05, 0.1) is 12.1 Å². The van der Waals surface area contributed by atoms with Crippen LogP contribution in [-0.2, 0) is 18.3 Å². The summed E-state index contributed by atoms with van der Waals surface area (Å²) in [6, 6.07) is 13.2. The standard InChI is InChI=1S/C21H18FN5O2/c1-27-12-13(16-4-2-3-5-18(16)27)10-19(28)25-17-11-23-26-20(17)21(29)24-15-8-6-14(22)7-9-15/h2-9,11-12H,10H2,1H3,(H,23,26)(H,24,29)(H,25,28). The van der Waals surface area contributed by atoms with Crippen molar-refractivity contribution in [2.75, 3.05) is 10.6 Å². The minimum absolute atomic E-state index is 0.0422. The van der Waals surface area contributed by atoms with Crippen LogP contribution in [0.15, 0.2) is 60.9 Å². The molecule has 2 heterocycles. The zero-order chi connectivity index (χ0) is 20.4. The number of nitrogens with one attached hydrogen (secondary N) is 3. The molecule has 0 bridgehead atoms. The third-order valence-electron chi connectivity index (χ3n) is 4.56. The fourth-order valence-electron chi connectivity index (χ4n) is 3.22. The highest BCUT2D eigenvalue weighted by Gasteiger charge is 2.18. The molecular weight excluding hydrogens is 373 g/mol. The molecule has 4 aromatic rings. The second-order valence-corrected chi connectivity index (χ2v) is 6.62. The van der Waals surface area contributed by atoms with E-state index < -0.39 is 11.7 Å². The summed E-state index contributed by atoms with van der Waals surface area (Å²) in [5, 5.41) is 12.9. The quantitative estimate of drug-likeness (QED) is 0.486. The number of rotatable bonds is 5. The molecule has 0 aliphatic rings. The number of para-hydroxylation sites is 1. The predicted molar refractivity (Wildman–Crippen MR) is 108 cm³/mol. The van der Waals surface area contributed by atoms with Crippen LogP contribution < -0.4 is 10.6 Å². The first kappa shape index (κ1) is 18.4. The van der Waals surface area contributed by atoms with Crippen LogP contribution in [0, 0.1) is 5.82 Å². The Kier molecular flexibility index (Phi) is 4.82. The number of aromatic nitrogens is 3. The van der Waals surface area contributed by atoms with E-state index in [1.165, 1.54) is 30.5 Å². The van der Waals surface area contributed by atoms with Crippen molar-refractivity contribution in [3.05, 3.63) is 78.0 Å². The maximum Gasteiger partial charge on any atom is 0.278 e. The van der Waals surface area contributed by atoms with Crippen molar-refractivity contribution in [2.24, 2.45) is 7.05 Å². The summed E-state index contributed by atoms with van der Waals surface area (Å²) in [5.41, 5.74) is 2.67. The van der Waals surface area contributed by atoms with E-state index in [4.69, 9.17) is 0 Å². The molecule has 0 atom stereocenters. The van der Waals surface area contributed by atoms with Gasteiger partial charge in [-0.15, -0.1) is 0 Å². The SMILES string of the molecule is Cn1cc(CC(=O)Nc2c[nH]nc2C(=O)Nc2ccc(F)cc2)c2ccccc21. The largest absolute Gasteiger partial charge is 0.350 e. The first-order valence-electron chi connectivity index (χ1n) is 8.95. The van der Waals surface area contributed by atoms with Crippen LogP contribution in [0.1, 0.15) is 16.1 Å². The van der Waals surface area contributed by atoms with Crippen molar-refractivity contribution in [1.29, 1.82) is 0 Å². The van der Waals surface area contributed by atoms with Crippen molar-refractivity contribution in [2.45, 2.75) is 6.42 Å². The summed E-state index contributed by atoms with van der Waals surface area (Å²) < 4.78 is 15.0. The number of aryl methyl sites for hydroxylation is 1. The number of nitrogens with zero attached hydrogens (tertiary/aromatic N) is 2. The Labute approximate surface area is 165 Å². The Balaban J connectivity index is 1.47. The molecule has 2 amide bonds. The maximum absolute atomic E-state index is 13.0. The van der Waals surface area contributed by atoms with Gasteiger partial charge in [-0.25, -0.2) is 4.39 Å². The number of hydrogen-bond donors (Lipinski definition) is 3. The third-order valence-corrected chi connectivity index (χ3v) is 4.56. The lowest BCUT2D eigenvalue weighted by Crippen LogP contribution is -2.19. The minimum atomic E-state index is -0.515. The van der Waals surface area contributed by atoms with Gasteiger partial charge in [-0.3, -0.25) is 14.7 Å². The molecule has 4 rings (SSSR count). The Morgan fingerprint density at radius 3 is 2.66 bits per heavy atom. The zero-order valence-corrected chi connectivity index (χ0v) is 15.6. The van der Waals surface area contributed by atoms with E-state index in [2.05, 4.69) is 20.8 Å². The summed E-state index contributed by atoms with van der Waals surface area (Å²) in [5.74, 6) is -1.18. The topological polar surface area (TPSA) is 91.8 Å². The fourth-order valence-corrected chi connectivity index (χ4v) is 3.22. The van der Waals surface area contributed by atoms with Gasteiger partial charge in [-0.05, 0) is 35.9 Å². The van der Waals surface area contributed by atoms with E-state index in [1.54, 1.807) is 0 Å². The molecule has 0 aliphatic heterocycles. The molecule has 2 aromatic carbocycles. The molecule has 0 saturated carbocycles. The Hall–Kier alpha value is -3.94. The van der Waals surface area contributed by atoms with Gasteiger partial charge in [0.1, 0.15) is 5.82 Å². The second-order valence-electron chi connectivity index (χ2n) is 6.62. The number of H-pyrrole nitrogens is 1. The first-order chi connectivity index (χ1) is 14.0. The Morgan fingerprint density at radius 2 is 1.86 bits per heavy atom. The van der Waals surface area contributed by atoms with Gasteiger partial charge >= 0.3 is 0 Å². The van der Waals surface area contributed by atoms with E-state index >= 15 is 0 Å². The number of carbonyl (C=O) groups excluding carboxylic acids is 2. The van der Waals surface area contributed by atoms with E-state index in [-0.39, 0.29) is 23.7 Å². The smallest absolute Gasteiger partial charge is 0.278 e. The summed E-state index contributed by atoms with van der Waals surface area (Å²) in [6.45, 7) is 0. The van der Waals surface area contributed by atoms with E-state index in [9.17, 15) is 14.0 Å². The zero-order valence-electron chi connectivity index (χ0n) is 15.6. The fraction of sp³-hybridized carbons (Fsp3) is 0.0952. The van der Waals surface area contributed by atoms with Crippen molar-refractivity contribution in [1.82, 2.24) is 14.8 Å². The van der Waals surface area contributed by atoms with Crippen LogP contribution in [0.2, 0.25) is 0 Å².